The van der Waals surface area contributed by atoms with Gasteiger partial charge in [-0.1, -0.05) is 18.2 Å². The Bertz CT molecular complexity index is 322. The Morgan fingerprint density at radius 3 is 2.38 bits per heavy atom. The third-order valence-corrected chi connectivity index (χ3v) is 3.44. The molecule has 0 amide bonds. The molecular formula is C14H24N2. The SMILES string of the molecule is CCN(c1ccccc1C)C(C)C(C)NC. The van der Waals surface area contributed by atoms with E-state index in [1.807, 2.05) is 7.05 Å². The van der Waals surface area contributed by atoms with Crippen molar-refractivity contribution < 1.29 is 0 Å². The van der Waals surface area contributed by atoms with Crippen molar-refractivity contribution in [2.75, 3.05) is 18.5 Å². The van der Waals surface area contributed by atoms with Crippen molar-refractivity contribution in [3.8, 4) is 0 Å². The normalized spacial score (nSPS) is 14.6. The smallest absolute Gasteiger partial charge is 0.0412 e. The lowest BCUT2D eigenvalue weighted by molar-refractivity contribution is 0.487. The third-order valence-electron chi connectivity index (χ3n) is 3.44. The molecule has 0 aromatic heterocycles. The van der Waals surface area contributed by atoms with Crippen LogP contribution in [-0.4, -0.2) is 25.7 Å². The van der Waals surface area contributed by atoms with Gasteiger partial charge >= 0.3 is 0 Å². The van der Waals surface area contributed by atoms with E-state index in [9.17, 15) is 0 Å². The van der Waals surface area contributed by atoms with Gasteiger partial charge in [-0.25, -0.2) is 0 Å². The Kier molecular flexibility index (Phi) is 4.81. The Morgan fingerprint density at radius 1 is 1.25 bits per heavy atom. The summed E-state index contributed by atoms with van der Waals surface area (Å²) >= 11 is 0. The maximum atomic E-state index is 3.33. The molecule has 0 saturated heterocycles. The number of para-hydroxylation sites is 1. The Morgan fingerprint density at radius 2 is 1.88 bits per heavy atom. The molecule has 1 aromatic rings. The largest absolute Gasteiger partial charge is 0.367 e. The number of aryl methyl sites for hydroxylation is 1. The van der Waals surface area contributed by atoms with E-state index in [0.29, 0.717) is 12.1 Å². The maximum Gasteiger partial charge on any atom is 0.0412 e. The van der Waals surface area contributed by atoms with E-state index in [2.05, 4.69) is 62.2 Å². The standard InChI is InChI=1S/C14H24N2/c1-6-16(13(4)12(3)15-5)14-10-8-7-9-11(14)2/h7-10,12-13,15H,6H2,1-5H3. The molecule has 0 aliphatic heterocycles. The Balaban J connectivity index is 2.94. The van der Waals surface area contributed by atoms with E-state index < -0.39 is 0 Å². The molecule has 0 aliphatic rings. The van der Waals surface area contributed by atoms with Crippen LogP contribution in [0.4, 0.5) is 5.69 Å². The van der Waals surface area contributed by atoms with Crippen LogP contribution in [0.3, 0.4) is 0 Å². The van der Waals surface area contributed by atoms with Gasteiger partial charge < -0.3 is 10.2 Å². The number of likely N-dealkylation sites (N-methyl/N-ethyl adjacent to an activating group) is 2. The molecular weight excluding hydrogens is 196 g/mol. The van der Waals surface area contributed by atoms with Gasteiger partial charge in [-0.05, 0) is 46.4 Å². The van der Waals surface area contributed by atoms with E-state index in [0.717, 1.165) is 6.54 Å². The van der Waals surface area contributed by atoms with Gasteiger partial charge in [-0.15, -0.1) is 0 Å². The topological polar surface area (TPSA) is 15.3 Å². The molecule has 16 heavy (non-hydrogen) atoms. The number of rotatable bonds is 5. The van der Waals surface area contributed by atoms with Gasteiger partial charge in [0.1, 0.15) is 0 Å². The molecule has 1 rings (SSSR count). The number of hydrogen-bond donors (Lipinski definition) is 1. The van der Waals surface area contributed by atoms with Crippen molar-refractivity contribution in [3.63, 3.8) is 0 Å². The van der Waals surface area contributed by atoms with Crippen LogP contribution in [0, 0.1) is 6.92 Å². The zero-order valence-corrected chi connectivity index (χ0v) is 11.1. The predicted octanol–water partition coefficient (Wildman–Crippen LogP) is 2.82. The summed E-state index contributed by atoms with van der Waals surface area (Å²) in [6.45, 7) is 9.93. The van der Waals surface area contributed by atoms with Crippen molar-refractivity contribution in [2.45, 2.75) is 39.8 Å². The summed E-state index contributed by atoms with van der Waals surface area (Å²) in [5, 5.41) is 3.33. The highest BCUT2D eigenvalue weighted by atomic mass is 15.2. The maximum absolute atomic E-state index is 3.33. The first-order valence-corrected chi connectivity index (χ1v) is 6.11. The van der Waals surface area contributed by atoms with E-state index in [-0.39, 0.29) is 0 Å². The zero-order valence-electron chi connectivity index (χ0n) is 11.1. The quantitative estimate of drug-likeness (QED) is 0.821. The number of nitrogens with zero attached hydrogens (tertiary/aromatic N) is 1. The highest BCUT2D eigenvalue weighted by Crippen LogP contribution is 2.22. The molecule has 0 spiro atoms. The first-order valence-electron chi connectivity index (χ1n) is 6.11. The van der Waals surface area contributed by atoms with Gasteiger partial charge in [-0.2, -0.15) is 0 Å². The van der Waals surface area contributed by atoms with Crippen molar-refractivity contribution in [1.29, 1.82) is 0 Å². The summed E-state index contributed by atoms with van der Waals surface area (Å²) in [4.78, 5) is 2.45. The van der Waals surface area contributed by atoms with Crippen LogP contribution in [0.1, 0.15) is 26.3 Å². The summed E-state index contributed by atoms with van der Waals surface area (Å²) in [6.07, 6.45) is 0. The average molecular weight is 220 g/mol. The molecule has 0 radical (unpaired) electrons. The van der Waals surface area contributed by atoms with Crippen LogP contribution in [0.25, 0.3) is 0 Å². The molecule has 1 aromatic carbocycles. The lowest BCUT2D eigenvalue weighted by atomic mass is 10.1. The van der Waals surface area contributed by atoms with E-state index >= 15 is 0 Å². The second kappa shape index (κ2) is 5.90. The Labute approximate surface area is 99.7 Å². The zero-order chi connectivity index (χ0) is 12.1. The number of benzene rings is 1. The van der Waals surface area contributed by atoms with Gasteiger partial charge in [0, 0.05) is 24.3 Å². The minimum absolute atomic E-state index is 0.486. The monoisotopic (exact) mass is 220 g/mol. The minimum atomic E-state index is 0.486. The fourth-order valence-corrected chi connectivity index (χ4v) is 2.07. The van der Waals surface area contributed by atoms with Crippen LogP contribution >= 0.6 is 0 Å². The van der Waals surface area contributed by atoms with Gasteiger partial charge in [0.25, 0.3) is 0 Å². The van der Waals surface area contributed by atoms with E-state index in [4.69, 9.17) is 0 Å². The van der Waals surface area contributed by atoms with Crippen LogP contribution in [-0.2, 0) is 0 Å². The van der Waals surface area contributed by atoms with Crippen molar-refractivity contribution in [2.24, 2.45) is 0 Å². The first-order chi connectivity index (χ1) is 7.61. The summed E-state index contributed by atoms with van der Waals surface area (Å²) in [5.74, 6) is 0. The highest BCUT2D eigenvalue weighted by Gasteiger charge is 2.18. The average Bonchev–Trinajstić information content (AvgIpc) is 2.31. The molecule has 2 heteroatoms. The first kappa shape index (κ1) is 13.0. The minimum Gasteiger partial charge on any atom is -0.367 e. The van der Waals surface area contributed by atoms with Crippen LogP contribution in [0.15, 0.2) is 24.3 Å². The van der Waals surface area contributed by atoms with Crippen molar-refractivity contribution in [3.05, 3.63) is 29.8 Å². The second-order valence-electron chi connectivity index (χ2n) is 4.39. The van der Waals surface area contributed by atoms with Crippen molar-refractivity contribution in [1.82, 2.24) is 5.32 Å². The second-order valence-corrected chi connectivity index (χ2v) is 4.39. The molecule has 0 aliphatic carbocycles. The highest BCUT2D eigenvalue weighted by molar-refractivity contribution is 5.53. The molecule has 0 bridgehead atoms. The van der Waals surface area contributed by atoms with Crippen LogP contribution < -0.4 is 10.2 Å². The molecule has 2 unspecified atom stereocenters. The Hall–Kier alpha value is -1.02. The molecule has 0 fully saturated rings. The van der Waals surface area contributed by atoms with Gasteiger partial charge in [0.15, 0.2) is 0 Å². The molecule has 1 N–H and O–H groups in total. The number of nitrogens with one attached hydrogen (secondary N) is 1. The molecule has 2 nitrogen and oxygen atoms in total. The summed E-state index contributed by atoms with van der Waals surface area (Å²) in [5.41, 5.74) is 2.69. The van der Waals surface area contributed by atoms with Crippen LogP contribution in [0.2, 0.25) is 0 Å². The van der Waals surface area contributed by atoms with Crippen molar-refractivity contribution >= 4 is 5.69 Å². The lowest BCUT2D eigenvalue weighted by Crippen LogP contribution is -2.46. The summed E-state index contributed by atoms with van der Waals surface area (Å²) < 4.78 is 0. The molecule has 90 valence electrons. The van der Waals surface area contributed by atoms with Gasteiger partial charge in [0.2, 0.25) is 0 Å². The van der Waals surface area contributed by atoms with E-state index in [1.165, 1.54) is 11.3 Å². The van der Waals surface area contributed by atoms with E-state index in [1.54, 1.807) is 0 Å². The fourth-order valence-electron chi connectivity index (χ4n) is 2.07. The molecule has 0 saturated carbocycles. The lowest BCUT2D eigenvalue weighted by Gasteiger charge is -2.35. The number of anilines is 1. The van der Waals surface area contributed by atoms with Crippen LogP contribution in [0.5, 0.6) is 0 Å². The predicted molar refractivity (Wildman–Crippen MR) is 72.2 cm³/mol. The molecule has 2 atom stereocenters. The van der Waals surface area contributed by atoms with Gasteiger partial charge in [-0.3, -0.25) is 0 Å². The summed E-state index contributed by atoms with van der Waals surface area (Å²) in [6, 6.07) is 9.57. The number of hydrogen-bond acceptors (Lipinski definition) is 2. The summed E-state index contributed by atoms with van der Waals surface area (Å²) in [7, 11) is 2.02. The van der Waals surface area contributed by atoms with Gasteiger partial charge in [0.05, 0.1) is 0 Å². The fraction of sp³-hybridized carbons (Fsp3) is 0.571. The molecule has 0 heterocycles. The third kappa shape index (κ3) is 2.76.